The second-order valence-electron chi connectivity index (χ2n) is 6.39. The van der Waals surface area contributed by atoms with Gasteiger partial charge in [-0.1, -0.05) is 22.6 Å². The van der Waals surface area contributed by atoms with Gasteiger partial charge in [0.15, 0.2) is 0 Å². The number of amides is 1. The van der Waals surface area contributed by atoms with E-state index in [4.69, 9.17) is 4.74 Å². The number of nitrogens with zero attached hydrogens (tertiary/aromatic N) is 1. The molecule has 0 aliphatic carbocycles. The van der Waals surface area contributed by atoms with Gasteiger partial charge in [0.1, 0.15) is 5.60 Å². The first-order chi connectivity index (χ1) is 8.49. The average molecular weight is 389 g/mol. The highest BCUT2D eigenvalue weighted by atomic mass is 127. The average Bonchev–Trinajstić information content (AvgIpc) is 2.44. The van der Waals surface area contributed by atoms with Crippen LogP contribution in [0.3, 0.4) is 0 Å². The van der Waals surface area contributed by atoms with Crippen LogP contribution in [0, 0.1) is 0 Å². The zero-order valence-electron chi connectivity index (χ0n) is 11.9. The van der Waals surface area contributed by atoms with E-state index in [1.807, 2.05) is 0 Å². The quantitative estimate of drug-likeness (QED) is 0.534. The lowest BCUT2D eigenvalue weighted by molar-refractivity contribution is -0.00411. The Morgan fingerprint density at radius 2 is 2.00 bits per heavy atom. The molecule has 19 heavy (non-hydrogen) atoms. The Morgan fingerprint density at radius 1 is 1.42 bits per heavy atom. The van der Waals surface area contributed by atoms with E-state index in [1.165, 1.54) is 4.90 Å². The highest BCUT2D eigenvalue weighted by Gasteiger charge is 2.54. The first-order valence-electron chi connectivity index (χ1n) is 6.44. The molecule has 3 nitrogen and oxygen atoms in total. The summed E-state index contributed by atoms with van der Waals surface area (Å²) in [4.78, 5) is 13.3. The van der Waals surface area contributed by atoms with Crippen molar-refractivity contribution >= 4 is 28.7 Å². The smallest absolute Gasteiger partial charge is 0.410 e. The standard InChI is InChI=1S/C13H22F2INO2/c1-11(2,3)19-10(18)17-9-13(14,15)8-12(17,4)6-5-7-16/h5-9H2,1-4H3. The van der Waals surface area contributed by atoms with Crippen LogP contribution < -0.4 is 0 Å². The maximum absolute atomic E-state index is 13.7. The summed E-state index contributed by atoms with van der Waals surface area (Å²) >= 11 is 2.21. The molecule has 0 radical (unpaired) electrons. The zero-order valence-corrected chi connectivity index (χ0v) is 14.1. The molecule has 1 fully saturated rings. The molecule has 1 saturated heterocycles. The number of halogens is 3. The molecule has 1 aliphatic heterocycles. The molecule has 1 amide bonds. The topological polar surface area (TPSA) is 29.5 Å². The van der Waals surface area contributed by atoms with Gasteiger partial charge in [-0.05, 0) is 45.0 Å². The molecule has 0 aromatic rings. The maximum atomic E-state index is 13.7. The third-order valence-electron chi connectivity index (χ3n) is 3.14. The lowest BCUT2D eigenvalue weighted by atomic mass is 9.92. The van der Waals surface area contributed by atoms with Crippen LogP contribution in [0.15, 0.2) is 0 Å². The van der Waals surface area contributed by atoms with Crippen LogP contribution in [0.4, 0.5) is 13.6 Å². The van der Waals surface area contributed by atoms with Gasteiger partial charge in [0.25, 0.3) is 5.92 Å². The molecule has 0 spiro atoms. The minimum absolute atomic E-state index is 0.282. The van der Waals surface area contributed by atoms with E-state index in [-0.39, 0.29) is 6.42 Å². The number of hydrogen-bond acceptors (Lipinski definition) is 2. The monoisotopic (exact) mass is 389 g/mol. The Morgan fingerprint density at radius 3 is 2.47 bits per heavy atom. The fourth-order valence-corrected chi connectivity index (χ4v) is 2.79. The number of carbonyl (C=O) groups is 1. The van der Waals surface area contributed by atoms with E-state index in [9.17, 15) is 13.6 Å². The lowest BCUT2D eigenvalue weighted by Crippen LogP contribution is -2.47. The minimum Gasteiger partial charge on any atom is -0.444 e. The summed E-state index contributed by atoms with van der Waals surface area (Å²) in [7, 11) is 0. The molecule has 0 saturated carbocycles. The summed E-state index contributed by atoms with van der Waals surface area (Å²) in [5.41, 5.74) is -1.48. The van der Waals surface area contributed by atoms with Gasteiger partial charge in [-0.25, -0.2) is 13.6 Å². The highest BCUT2D eigenvalue weighted by molar-refractivity contribution is 14.1. The summed E-state index contributed by atoms with van der Waals surface area (Å²) in [5, 5.41) is 0. The van der Waals surface area contributed by atoms with Crippen LogP contribution in [0.2, 0.25) is 0 Å². The van der Waals surface area contributed by atoms with Crippen molar-refractivity contribution in [1.29, 1.82) is 0 Å². The number of alkyl halides is 3. The molecule has 0 N–H and O–H groups in total. The molecule has 1 unspecified atom stereocenters. The van der Waals surface area contributed by atoms with Crippen molar-refractivity contribution in [1.82, 2.24) is 4.90 Å². The van der Waals surface area contributed by atoms with Gasteiger partial charge in [0.05, 0.1) is 6.54 Å². The maximum Gasteiger partial charge on any atom is 0.410 e. The molecule has 0 bridgehead atoms. The third-order valence-corrected chi connectivity index (χ3v) is 3.91. The van der Waals surface area contributed by atoms with Gasteiger partial charge in [0.2, 0.25) is 0 Å². The predicted molar refractivity (Wildman–Crippen MR) is 79.0 cm³/mol. The molecule has 1 rings (SSSR count). The Bertz CT molecular complexity index is 344. The largest absolute Gasteiger partial charge is 0.444 e. The van der Waals surface area contributed by atoms with E-state index in [0.717, 1.165) is 10.8 Å². The summed E-state index contributed by atoms with van der Waals surface area (Å²) < 4.78 is 33.5. The Hall–Kier alpha value is -0.140. The lowest BCUT2D eigenvalue weighted by Gasteiger charge is -2.35. The Kier molecular flexibility index (Phi) is 5.07. The van der Waals surface area contributed by atoms with Crippen LogP contribution in [0.25, 0.3) is 0 Å². The first kappa shape index (κ1) is 16.9. The van der Waals surface area contributed by atoms with E-state index in [2.05, 4.69) is 22.6 Å². The van der Waals surface area contributed by atoms with Gasteiger partial charge >= 0.3 is 6.09 Å². The summed E-state index contributed by atoms with van der Waals surface area (Å²) in [6.07, 6.45) is 0.466. The Balaban J connectivity index is 2.86. The van der Waals surface area contributed by atoms with E-state index in [1.54, 1.807) is 27.7 Å². The summed E-state index contributed by atoms with van der Waals surface area (Å²) in [6.45, 7) is 6.40. The van der Waals surface area contributed by atoms with Crippen molar-refractivity contribution in [2.75, 3.05) is 11.0 Å². The summed E-state index contributed by atoms with van der Waals surface area (Å²) in [6, 6.07) is 0. The fourth-order valence-electron chi connectivity index (χ4n) is 2.40. The van der Waals surface area contributed by atoms with Crippen molar-refractivity contribution in [2.45, 2.75) is 64.0 Å². The number of rotatable bonds is 3. The fraction of sp³-hybridized carbons (Fsp3) is 0.923. The van der Waals surface area contributed by atoms with Gasteiger partial charge in [-0.15, -0.1) is 0 Å². The molecule has 1 heterocycles. The van der Waals surface area contributed by atoms with Crippen LogP contribution in [0.1, 0.15) is 47.0 Å². The number of carbonyl (C=O) groups excluding carboxylic acids is 1. The molecule has 0 aromatic carbocycles. The third kappa shape index (κ3) is 4.72. The van der Waals surface area contributed by atoms with Crippen molar-refractivity contribution in [3.05, 3.63) is 0 Å². The van der Waals surface area contributed by atoms with E-state index < -0.39 is 29.7 Å². The molecule has 1 aliphatic rings. The number of likely N-dealkylation sites (tertiary alicyclic amines) is 1. The van der Waals surface area contributed by atoms with Gasteiger partial charge in [0, 0.05) is 12.0 Å². The minimum atomic E-state index is -2.82. The van der Waals surface area contributed by atoms with Crippen LogP contribution in [0.5, 0.6) is 0 Å². The second kappa shape index (κ2) is 5.69. The van der Waals surface area contributed by atoms with E-state index >= 15 is 0 Å². The first-order valence-corrected chi connectivity index (χ1v) is 7.96. The molecule has 6 heteroatoms. The second-order valence-corrected chi connectivity index (χ2v) is 7.47. The van der Waals surface area contributed by atoms with E-state index in [0.29, 0.717) is 6.42 Å². The van der Waals surface area contributed by atoms with Gasteiger partial charge in [-0.3, -0.25) is 4.90 Å². The van der Waals surface area contributed by atoms with Crippen LogP contribution >= 0.6 is 22.6 Å². The molecular weight excluding hydrogens is 367 g/mol. The van der Waals surface area contributed by atoms with Crippen molar-refractivity contribution in [2.24, 2.45) is 0 Å². The van der Waals surface area contributed by atoms with Gasteiger partial charge in [-0.2, -0.15) is 0 Å². The molecule has 1 atom stereocenters. The SMILES string of the molecule is CC(C)(C)OC(=O)N1CC(F)(F)CC1(C)CCCI. The molecule has 0 aromatic heterocycles. The van der Waals surface area contributed by atoms with Crippen LogP contribution in [-0.4, -0.2) is 39.0 Å². The number of hydrogen-bond donors (Lipinski definition) is 0. The highest BCUT2D eigenvalue weighted by Crippen LogP contribution is 2.42. The van der Waals surface area contributed by atoms with Crippen molar-refractivity contribution < 1.29 is 18.3 Å². The molecule has 112 valence electrons. The van der Waals surface area contributed by atoms with Crippen molar-refractivity contribution in [3.8, 4) is 0 Å². The zero-order chi connectivity index (χ0) is 14.9. The molecular formula is C13H22F2INO2. The number of ether oxygens (including phenoxy) is 1. The van der Waals surface area contributed by atoms with Crippen LogP contribution in [-0.2, 0) is 4.74 Å². The predicted octanol–water partition coefficient (Wildman–Crippen LogP) is 4.24. The van der Waals surface area contributed by atoms with Crippen molar-refractivity contribution in [3.63, 3.8) is 0 Å². The van der Waals surface area contributed by atoms with Gasteiger partial charge < -0.3 is 4.74 Å². The normalized spacial score (nSPS) is 26.6. The Labute approximate surface area is 127 Å². The summed E-state index contributed by atoms with van der Waals surface area (Å²) in [5.74, 6) is -2.82.